The fraction of sp³-hybridized carbons (Fsp3) is 0.188. The van der Waals surface area contributed by atoms with E-state index in [2.05, 4.69) is 25.9 Å². The number of hydrogen-bond acceptors (Lipinski definition) is 7. The molecule has 0 spiro atoms. The molecular formula is C16H23B4ClN6O. The lowest BCUT2D eigenvalue weighted by molar-refractivity contribution is 0.184. The van der Waals surface area contributed by atoms with Gasteiger partial charge in [0, 0.05) is 24.4 Å². The molecule has 0 amide bonds. The van der Waals surface area contributed by atoms with Crippen LogP contribution in [0, 0.1) is 5.41 Å². The molecular weight excluding hydrogens is 371 g/mol. The average Bonchev–Trinajstić information content (AvgIpc) is 2.65. The molecule has 0 bridgehead atoms. The Morgan fingerprint density at radius 2 is 1.89 bits per heavy atom. The van der Waals surface area contributed by atoms with Crippen molar-refractivity contribution in [2.24, 2.45) is 0 Å². The van der Waals surface area contributed by atoms with E-state index in [1.807, 2.05) is 46.0 Å². The summed E-state index contributed by atoms with van der Waals surface area (Å²) in [5, 5.41) is 26.0. The lowest BCUT2D eigenvalue weighted by Gasteiger charge is -2.39. The number of nitrogens with zero attached hydrogens (tertiary/aromatic N) is 2. The Labute approximate surface area is 173 Å². The molecule has 142 valence electrons. The summed E-state index contributed by atoms with van der Waals surface area (Å²) in [6.07, 6.45) is 4.25. The fourth-order valence-electron chi connectivity index (χ4n) is 2.01. The minimum Gasteiger partial charge on any atom is -0.407 e. The minimum atomic E-state index is -0.956. The first-order chi connectivity index (χ1) is 13.1. The van der Waals surface area contributed by atoms with Gasteiger partial charge in [0.15, 0.2) is 5.82 Å². The highest BCUT2D eigenvalue weighted by molar-refractivity contribution is 6.53. The predicted molar refractivity (Wildman–Crippen MR) is 126 cm³/mol. The van der Waals surface area contributed by atoms with E-state index < -0.39 is 10.7 Å². The molecule has 0 aliphatic rings. The monoisotopic (exact) mass is 394 g/mol. The Kier molecular flexibility index (Phi) is 7.21. The van der Waals surface area contributed by atoms with E-state index in [4.69, 9.17) is 17.0 Å². The molecule has 0 aliphatic heterocycles. The standard InChI is InChI=1S/C16H23B4ClN6O/c17-15(18,16(19,20)28)25-8-11(6-22)26-14-24-9-12(21)13(27-14)23-7-10-4-2-1-3-5-10/h1-6,8-9,22,25,28H,7,17-20H2,(H2,23,24,26,27)/b11-8+,22-6?. The normalized spacial score (nSPS) is 12.3. The van der Waals surface area contributed by atoms with Crippen LogP contribution in [0.2, 0.25) is 5.02 Å². The van der Waals surface area contributed by atoms with Crippen molar-refractivity contribution >= 4 is 61.0 Å². The van der Waals surface area contributed by atoms with Gasteiger partial charge in [0.25, 0.3) is 0 Å². The second kappa shape index (κ2) is 9.21. The summed E-state index contributed by atoms with van der Waals surface area (Å²) in [5.74, 6) is 0.801. The highest BCUT2D eigenvalue weighted by atomic mass is 35.5. The van der Waals surface area contributed by atoms with Crippen LogP contribution in [0.1, 0.15) is 5.56 Å². The Morgan fingerprint density at radius 1 is 1.21 bits per heavy atom. The number of rotatable bonds is 9. The van der Waals surface area contributed by atoms with Gasteiger partial charge in [-0.25, -0.2) is 4.98 Å². The van der Waals surface area contributed by atoms with Gasteiger partial charge in [-0.3, -0.25) is 0 Å². The summed E-state index contributed by atoms with van der Waals surface area (Å²) in [6.45, 7) is 0.575. The summed E-state index contributed by atoms with van der Waals surface area (Å²) in [7, 11) is 7.18. The number of aliphatic hydroxyl groups is 1. The van der Waals surface area contributed by atoms with E-state index in [0.717, 1.165) is 11.8 Å². The van der Waals surface area contributed by atoms with Gasteiger partial charge in [-0.15, -0.1) is 0 Å². The third kappa shape index (κ3) is 6.07. The summed E-state index contributed by atoms with van der Waals surface area (Å²) in [5.41, 5.74) is 1.54. The molecule has 5 N–H and O–H groups in total. The molecule has 0 unspecified atom stereocenters. The van der Waals surface area contributed by atoms with E-state index in [9.17, 15) is 5.11 Å². The zero-order valence-corrected chi connectivity index (χ0v) is 17.3. The van der Waals surface area contributed by atoms with Crippen LogP contribution in [0.3, 0.4) is 0 Å². The van der Waals surface area contributed by atoms with Crippen LogP contribution < -0.4 is 16.0 Å². The largest absolute Gasteiger partial charge is 0.407 e. The maximum Gasteiger partial charge on any atom is 0.229 e. The van der Waals surface area contributed by atoms with Crippen LogP contribution in [0.15, 0.2) is 48.4 Å². The first-order valence-corrected chi connectivity index (χ1v) is 9.28. The van der Waals surface area contributed by atoms with Crippen molar-refractivity contribution in [3.05, 3.63) is 59.0 Å². The zero-order valence-electron chi connectivity index (χ0n) is 16.5. The van der Waals surface area contributed by atoms with Crippen molar-refractivity contribution in [3.8, 4) is 0 Å². The maximum atomic E-state index is 10.2. The van der Waals surface area contributed by atoms with Gasteiger partial charge in [0.1, 0.15) is 36.4 Å². The first kappa shape index (κ1) is 21.9. The third-order valence-electron chi connectivity index (χ3n) is 4.58. The Morgan fingerprint density at radius 3 is 2.50 bits per heavy atom. The van der Waals surface area contributed by atoms with E-state index in [1.165, 1.54) is 6.20 Å². The van der Waals surface area contributed by atoms with Crippen LogP contribution in [0.5, 0.6) is 0 Å². The number of nitrogens with one attached hydrogen (secondary N) is 4. The molecule has 0 saturated carbocycles. The lowest BCUT2D eigenvalue weighted by atomic mass is 9.40. The van der Waals surface area contributed by atoms with Gasteiger partial charge in [-0.2, -0.15) is 4.98 Å². The SMILES string of the molecule is BC(B)(O)C(B)(B)N/C=C(\C=N)Nc1ncc(Cl)c(NCc2ccccc2)n1. The predicted octanol–water partition coefficient (Wildman–Crippen LogP) is -1.93. The van der Waals surface area contributed by atoms with Gasteiger partial charge < -0.3 is 26.5 Å². The highest BCUT2D eigenvalue weighted by Gasteiger charge is 2.33. The summed E-state index contributed by atoms with van der Waals surface area (Å²) < 4.78 is 0. The van der Waals surface area contributed by atoms with E-state index in [0.29, 0.717) is 29.0 Å². The number of benzene rings is 1. The van der Waals surface area contributed by atoms with Crippen LogP contribution in [-0.2, 0) is 6.54 Å². The van der Waals surface area contributed by atoms with Crippen molar-refractivity contribution in [3.63, 3.8) is 0 Å². The van der Waals surface area contributed by atoms with Crippen molar-refractivity contribution in [1.29, 1.82) is 5.41 Å². The molecule has 1 heterocycles. The fourth-order valence-corrected chi connectivity index (χ4v) is 2.17. The van der Waals surface area contributed by atoms with Crippen LogP contribution in [0.25, 0.3) is 0 Å². The number of hydrogen-bond donors (Lipinski definition) is 5. The highest BCUT2D eigenvalue weighted by Crippen LogP contribution is 2.20. The molecule has 28 heavy (non-hydrogen) atoms. The molecule has 1 aromatic heterocycles. The van der Waals surface area contributed by atoms with E-state index >= 15 is 0 Å². The molecule has 2 rings (SSSR count). The number of halogens is 1. The second-order valence-electron chi connectivity index (χ2n) is 7.43. The minimum absolute atomic E-state index is 0.303. The molecule has 0 radical (unpaired) electrons. The number of anilines is 2. The smallest absolute Gasteiger partial charge is 0.229 e. The second-order valence-corrected chi connectivity index (χ2v) is 7.83. The van der Waals surface area contributed by atoms with E-state index in [-0.39, 0.29) is 0 Å². The van der Waals surface area contributed by atoms with Crippen LogP contribution >= 0.6 is 11.6 Å². The molecule has 0 fully saturated rings. The summed E-state index contributed by atoms with van der Waals surface area (Å²) in [4.78, 5) is 8.54. The zero-order chi connectivity index (χ0) is 20.8. The van der Waals surface area contributed by atoms with Gasteiger partial charge in [0.2, 0.25) is 5.95 Å². The van der Waals surface area contributed by atoms with Gasteiger partial charge in [-0.1, -0.05) is 41.9 Å². The Hall–Kier alpha value is -2.38. The lowest BCUT2D eigenvalue weighted by Crippen LogP contribution is -2.64. The molecule has 7 nitrogen and oxygen atoms in total. The van der Waals surface area contributed by atoms with Crippen LogP contribution in [-0.4, -0.2) is 63.4 Å². The maximum absolute atomic E-state index is 10.2. The average molecular weight is 394 g/mol. The summed E-state index contributed by atoms with van der Waals surface area (Å²) >= 11 is 6.19. The van der Waals surface area contributed by atoms with Crippen molar-refractivity contribution < 1.29 is 5.11 Å². The van der Waals surface area contributed by atoms with Crippen molar-refractivity contribution in [1.82, 2.24) is 15.3 Å². The molecule has 2 aromatic rings. The van der Waals surface area contributed by atoms with Gasteiger partial charge in [-0.05, 0) is 10.9 Å². The third-order valence-corrected chi connectivity index (χ3v) is 4.85. The summed E-state index contributed by atoms with van der Waals surface area (Å²) in [6, 6.07) is 9.91. The first-order valence-electron chi connectivity index (χ1n) is 8.90. The Balaban J connectivity index is 2.10. The molecule has 1 aromatic carbocycles. The number of allylic oxidation sites excluding steroid dienone is 1. The molecule has 12 heteroatoms. The molecule has 0 aliphatic carbocycles. The van der Waals surface area contributed by atoms with Crippen molar-refractivity contribution in [2.45, 2.75) is 17.3 Å². The Bertz CT molecular complexity index is 845. The number of aromatic nitrogens is 2. The van der Waals surface area contributed by atoms with E-state index in [1.54, 1.807) is 21.9 Å². The van der Waals surface area contributed by atoms with Gasteiger partial charge >= 0.3 is 0 Å². The molecule has 0 atom stereocenters. The topological polar surface area (TPSA) is 106 Å². The quantitative estimate of drug-likeness (QED) is 0.251. The molecule has 0 saturated heterocycles. The van der Waals surface area contributed by atoms with Crippen LogP contribution in [0.4, 0.5) is 11.8 Å². The van der Waals surface area contributed by atoms with Crippen molar-refractivity contribution in [2.75, 3.05) is 10.6 Å². The van der Waals surface area contributed by atoms with Gasteiger partial charge in [0.05, 0.1) is 11.9 Å².